The molecule has 100 valence electrons. The molecule has 21 heavy (non-hydrogen) atoms. The lowest BCUT2D eigenvalue weighted by atomic mass is 10.0. The Morgan fingerprint density at radius 1 is 0.524 bits per heavy atom. The lowest BCUT2D eigenvalue weighted by Gasteiger charge is -2.00. The molecule has 0 aliphatic heterocycles. The maximum Gasteiger partial charge on any atom is 0.141 e. The van der Waals surface area contributed by atoms with Crippen molar-refractivity contribution in [2.24, 2.45) is 0 Å². The zero-order valence-corrected chi connectivity index (χ0v) is 11.5. The van der Waals surface area contributed by atoms with Crippen LogP contribution in [-0.4, -0.2) is 0 Å². The van der Waals surface area contributed by atoms with Gasteiger partial charge in [-0.3, -0.25) is 0 Å². The van der Waals surface area contributed by atoms with E-state index >= 15 is 0 Å². The average Bonchev–Trinajstić information content (AvgIpc) is 3.10. The van der Waals surface area contributed by atoms with E-state index in [4.69, 9.17) is 4.42 Å². The van der Waals surface area contributed by atoms with Crippen LogP contribution in [-0.2, 0) is 0 Å². The summed E-state index contributed by atoms with van der Waals surface area (Å²) in [5.74, 6) is 0.931. The molecule has 1 heterocycles. The Morgan fingerprint density at radius 3 is 1.71 bits per heavy atom. The summed E-state index contributed by atoms with van der Waals surface area (Å²) in [4.78, 5) is 0. The molecule has 1 aromatic heterocycles. The van der Waals surface area contributed by atoms with Crippen molar-refractivity contribution in [3.8, 4) is 33.6 Å². The Labute approximate surface area is 123 Å². The molecule has 0 bridgehead atoms. The average molecular weight is 270 g/mol. The number of benzene rings is 1. The molecular formula is C20H14O. The summed E-state index contributed by atoms with van der Waals surface area (Å²) in [6.07, 6.45) is 1.76. The summed E-state index contributed by atoms with van der Waals surface area (Å²) in [5, 5.41) is 0. The van der Waals surface area contributed by atoms with Gasteiger partial charge in [-0.15, -0.1) is 0 Å². The van der Waals surface area contributed by atoms with E-state index in [-0.39, 0.29) is 0 Å². The monoisotopic (exact) mass is 270 g/mol. The Hall–Kier alpha value is -2.80. The molecule has 0 radical (unpaired) electrons. The molecule has 0 unspecified atom stereocenters. The Balaban J connectivity index is 1.88. The van der Waals surface area contributed by atoms with Crippen LogP contribution in [0.3, 0.4) is 0 Å². The van der Waals surface area contributed by atoms with E-state index in [9.17, 15) is 0 Å². The number of fused-ring (bicyclic) bond motifs is 1. The molecule has 2 aliphatic carbocycles. The fourth-order valence-corrected chi connectivity index (χ4v) is 2.72. The first kappa shape index (κ1) is 12.0. The van der Waals surface area contributed by atoms with Gasteiger partial charge in [0.05, 0.1) is 6.26 Å². The van der Waals surface area contributed by atoms with Crippen LogP contribution in [0.4, 0.5) is 0 Å². The van der Waals surface area contributed by atoms with E-state index in [2.05, 4.69) is 48.5 Å². The number of rotatable bonds is 2. The van der Waals surface area contributed by atoms with Crippen LogP contribution in [0, 0.1) is 0 Å². The van der Waals surface area contributed by atoms with Crippen molar-refractivity contribution >= 4 is 0 Å². The summed E-state index contributed by atoms with van der Waals surface area (Å²) in [5.41, 5.74) is 5.89. The van der Waals surface area contributed by atoms with Crippen LogP contribution in [0.5, 0.6) is 0 Å². The zero-order valence-electron chi connectivity index (χ0n) is 11.5. The second-order valence-corrected chi connectivity index (χ2v) is 5.09. The fraction of sp³-hybridized carbons (Fsp3) is 0. The summed E-state index contributed by atoms with van der Waals surface area (Å²) in [6, 6.07) is 27.2. The van der Waals surface area contributed by atoms with Crippen molar-refractivity contribution in [3.05, 3.63) is 85.1 Å². The second kappa shape index (κ2) is 4.95. The maximum atomic E-state index is 5.76. The molecule has 1 heteroatoms. The fourth-order valence-electron chi connectivity index (χ4n) is 2.72. The van der Waals surface area contributed by atoms with Gasteiger partial charge in [-0.05, 0) is 34.9 Å². The quantitative estimate of drug-likeness (QED) is 0.454. The van der Waals surface area contributed by atoms with Crippen LogP contribution in [0.1, 0.15) is 0 Å². The molecule has 0 saturated carbocycles. The Morgan fingerprint density at radius 2 is 1.10 bits per heavy atom. The second-order valence-electron chi connectivity index (χ2n) is 5.09. The van der Waals surface area contributed by atoms with E-state index in [1.807, 2.05) is 30.3 Å². The van der Waals surface area contributed by atoms with Crippen LogP contribution in [0.15, 0.2) is 89.5 Å². The van der Waals surface area contributed by atoms with Crippen LogP contribution in [0.25, 0.3) is 33.6 Å². The topological polar surface area (TPSA) is 13.1 Å². The highest BCUT2D eigenvalue weighted by molar-refractivity contribution is 5.85. The van der Waals surface area contributed by atoms with Crippen molar-refractivity contribution < 1.29 is 4.42 Å². The molecule has 2 aromatic rings. The minimum Gasteiger partial charge on any atom is -0.464 e. The smallest absolute Gasteiger partial charge is 0.141 e. The van der Waals surface area contributed by atoms with Crippen molar-refractivity contribution in [2.45, 2.75) is 0 Å². The Kier molecular flexibility index (Phi) is 2.82. The standard InChI is InChI=1S/C20H14O/c1-3-7-15(8-4-1)19-11-12-21-20(19)18-13-16-9-5-2-6-10-17(16)14-18/h1-14H. The Bertz CT molecular complexity index is 812. The number of hydrogen-bond acceptors (Lipinski definition) is 1. The first-order chi connectivity index (χ1) is 10.4. The van der Waals surface area contributed by atoms with Crippen LogP contribution >= 0.6 is 0 Å². The molecule has 0 N–H and O–H groups in total. The van der Waals surface area contributed by atoms with Crippen molar-refractivity contribution in [1.29, 1.82) is 0 Å². The van der Waals surface area contributed by atoms with Crippen molar-refractivity contribution in [1.82, 2.24) is 0 Å². The van der Waals surface area contributed by atoms with E-state index in [1.54, 1.807) is 6.26 Å². The van der Waals surface area contributed by atoms with E-state index in [1.165, 1.54) is 16.7 Å². The lowest BCUT2D eigenvalue weighted by Crippen LogP contribution is -1.76. The predicted octanol–water partition coefficient (Wildman–Crippen LogP) is 5.72. The first-order valence-corrected chi connectivity index (χ1v) is 7.04. The third-order valence-corrected chi connectivity index (χ3v) is 3.74. The van der Waals surface area contributed by atoms with Gasteiger partial charge in [0.1, 0.15) is 5.76 Å². The minimum atomic E-state index is 0.931. The molecule has 4 rings (SSSR count). The highest BCUT2D eigenvalue weighted by Gasteiger charge is 2.14. The molecule has 0 spiro atoms. The molecule has 2 aliphatic rings. The van der Waals surface area contributed by atoms with Gasteiger partial charge in [0.25, 0.3) is 0 Å². The van der Waals surface area contributed by atoms with Crippen molar-refractivity contribution in [3.63, 3.8) is 0 Å². The summed E-state index contributed by atoms with van der Waals surface area (Å²) < 4.78 is 5.76. The van der Waals surface area contributed by atoms with Crippen molar-refractivity contribution in [2.75, 3.05) is 0 Å². The van der Waals surface area contributed by atoms with Gasteiger partial charge in [-0.2, -0.15) is 0 Å². The molecule has 1 aromatic carbocycles. The van der Waals surface area contributed by atoms with Crippen LogP contribution in [0.2, 0.25) is 0 Å². The van der Waals surface area contributed by atoms with Gasteiger partial charge >= 0.3 is 0 Å². The summed E-state index contributed by atoms with van der Waals surface area (Å²) in [7, 11) is 0. The number of hydrogen-bond donors (Lipinski definition) is 0. The summed E-state index contributed by atoms with van der Waals surface area (Å²) >= 11 is 0. The van der Waals surface area contributed by atoms with E-state index in [0.29, 0.717) is 0 Å². The SMILES string of the molecule is c1ccc2cc(-c3occc3-c3ccccc3)cc-2cc1. The first-order valence-electron chi connectivity index (χ1n) is 7.04. The van der Waals surface area contributed by atoms with Gasteiger partial charge < -0.3 is 4.42 Å². The van der Waals surface area contributed by atoms with Gasteiger partial charge in [-0.25, -0.2) is 0 Å². The highest BCUT2D eigenvalue weighted by atomic mass is 16.3. The largest absolute Gasteiger partial charge is 0.464 e. The zero-order chi connectivity index (χ0) is 14.1. The highest BCUT2D eigenvalue weighted by Crippen LogP contribution is 2.37. The normalized spacial score (nSPS) is 10.9. The number of furan rings is 1. The van der Waals surface area contributed by atoms with Gasteiger partial charge in [0, 0.05) is 11.1 Å². The third kappa shape index (κ3) is 2.13. The molecular weight excluding hydrogens is 256 g/mol. The van der Waals surface area contributed by atoms with E-state index < -0.39 is 0 Å². The molecule has 1 nitrogen and oxygen atoms in total. The predicted molar refractivity (Wildman–Crippen MR) is 86.2 cm³/mol. The molecule has 0 saturated heterocycles. The van der Waals surface area contributed by atoms with E-state index in [0.717, 1.165) is 16.9 Å². The van der Waals surface area contributed by atoms with Gasteiger partial charge in [0.2, 0.25) is 0 Å². The lowest BCUT2D eigenvalue weighted by molar-refractivity contribution is 0.583. The third-order valence-electron chi connectivity index (χ3n) is 3.74. The molecule has 0 fully saturated rings. The maximum absolute atomic E-state index is 5.76. The van der Waals surface area contributed by atoms with Crippen LogP contribution < -0.4 is 0 Å². The minimum absolute atomic E-state index is 0.931. The molecule has 0 amide bonds. The van der Waals surface area contributed by atoms with Gasteiger partial charge in [0.15, 0.2) is 0 Å². The van der Waals surface area contributed by atoms with Gasteiger partial charge in [-0.1, -0.05) is 60.7 Å². The molecule has 0 atom stereocenters. The summed E-state index contributed by atoms with van der Waals surface area (Å²) in [6.45, 7) is 0.